The molecule has 0 saturated carbocycles. The van der Waals surface area contributed by atoms with Crippen LogP contribution in [0.15, 0.2) is 36.0 Å². The van der Waals surface area contributed by atoms with Gasteiger partial charge in [-0.05, 0) is 12.5 Å². The fraction of sp³-hybridized carbons (Fsp3) is 0.333. The molecule has 0 aliphatic carbocycles. The standard InChI is InChI=1S/C15H18ClNO3/c1-4-20-15(19)13(10-17(2)3)14(18)12-7-5-11(9-16)6-8-12/h5-8,10H,4,9H2,1-3H3/b13-10+. The number of benzene rings is 1. The molecule has 1 rings (SSSR count). The lowest BCUT2D eigenvalue weighted by molar-refractivity contribution is -0.138. The molecule has 0 heterocycles. The van der Waals surface area contributed by atoms with Gasteiger partial charge in [-0.3, -0.25) is 4.79 Å². The van der Waals surface area contributed by atoms with Crippen molar-refractivity contribution in [2.24, 2.45) is 0 Å². The Labute approximate surface area is 124 Å². The van der Waals surface area contributed by atoms with E-state index in [-0.39, 0.29) is 18.0 Å². The molecule has 0 aromatic heterocycles. The Bertz CT molecular complexity index is 506. The van der Waals surface area contributed by atoms with Crippen LogP contribution in [0.3, 0.4) is 0 Å². The van der Waals surface area contributed by atoms with E-state index in [2.05, 4.69) is 0 Å². The summed E-state index contributed by atoms with van der Waals surface area (Å²) in [6.45, 7) is 1.92. The fourth-order valence-corrected chi connectivity index (χ4v) is 1.75. The summed E-state index contributed by atoms with van der Waals surface area (Å²) in [5, 5.41) is 0. The number of rotatable bonds is 6. The highest BCUT2D eigenvalue weighted by atomic mass is 35.5. The number of carbonyl (C=O) groups is 2. The van der Waals surface area contributed by atoms with Gasteiger partial charge < -0.3 is 9.64 Å². The molecule has 0 amide bonds. The van der Waals surface area contributed by atoms with Gasteiger partial charge in [0.25, 0.3) is 0 Å². The summed E-state index contributed by atoms with van der Waals surface area (Å²) in [4.78, 5) is 25.9. The molecular weight excluding hydrogens is 278 g/mol. The van der Waals surface area contributed by atoms with Gasteiger partial charge in [0, 0.05) is 31.7 Å². The van der Waals surface area contributed by atoms with Crippen molar-refractivity contribution in [2.75, 3.05) is 20.7 Å². The maximum Gasteiger partial charge on any atom is 0.343 e. The van der Waals surface area contributed by atoms with Crippen LogP contribution in [0.5, 0.6) is 0 Å². The number of hydrogen-bond acceptors (Lipinski definition) is 4. The van der Waals surface area contributed by atoms with E-state index in [1.165, 1.54) is 6.20 Å². The number of hydrogen-bond donors (Lipinski definition) is 0. The summed E-state index contributed by atoms with van der Waals surface area (Å²) in [5.41, 5.74) is 1.35. The van der Waals surface area contributed by atoms with Crippen molar-refractivity contribution in [1.82, 2.24) is 4.90 Å². The molecule has 0 fully saturated rings. The number of nitrogens with zero attached hydrogens (tertiary/aromatic N) is 1. The van der Waals surface area contributed by atoms with Gasteiger partial charge in [0.15, 0.2) is 0 Å². The third kappa shape index (κ3) is 4.38. The fourth-order valence-electron chi connectivity index (χ4n) is 1.57. The molecule has 5 heteroatoms. The van der Waals surface area contributed by atoms with Gasteiger partial charge in [-0.1, -0.05) is 24.3 Å². The van der Waals surface area contributed by atoms with Gasteiger partial charge in [-0.25, -0.2) is 4.79 Å². The Morgan fingerprint density at radius 2 is 1.85 bits per heavy atom. The normalized spacial score (nSPS) is 11.1. The molecule has 0 spiro atoms. The molecule has 1 aromatic rings. The van der Waals surface area contributed by atoms with Crippen molar-refractivity contribution in [2.45, 2.75) is 12.8 Å². The highest BCUT2D eigenvalue weighted by Crippen LogP contribution is 2.13. The smallest absolute Gasteiger partial charge is 0.343 e. The maximum atomic E-state index is 12.4. The van der Waals surface area contributed by atoms with Gasteiger partial charge in [-0.2, -0.15) is 0 Å². The minimum Gasteiger partial charge on any atom is -0.462 e. The first kappa shape index (κ1) is 16.2. The van der Waals surface area contributed by atoms with E-state index < -0.39 is 5.97 Å². The zero-order valence-corrected chi connectivity index (χ0v) is 12.6. The van der Waals surface area contributed by atoms with E-state index in [1.54, 1.807) is 50.2 Å². The Morgan fingerprint density at radius 3 is 2.30 bits per heavy atom. The van der Waals surface area contributed by atoms with Crippen molar-refractivity contribution in [3.05, 3.63) is 47.2 Å². The predicted molar refractivity (Wildman–Crippen MR) is 78.7 cm³/mol. The second-order valence-electron chi connectivity index (χ2n) is 4.39. The van der Waals surface area contributed by atoms with Crippen molar-refractivity contribution in [3.8, 4) is 0 Å². The molecule has 0 radical (unpaired) electrons. The number of ether oxygens (including phenoxy) is 1. The van der Waals surface area contributed by atoms with Crippen LogP contribution in [0.25, 0.3) is 0 Å². The number of halogens is 1. The first-order valence-electron chi connectivity index (χ1n) is 6.24. The SMILES string of the molecule is CCOC(=O)/C(=C/N(C)C)C(=O)c1ccc(CCl)cc1. The monoisotopic (exact) mass is 295 g/mol. The minimum atomic E-state index is -0.618. The molecule has 0 aliphatic rings. The molecule has 4 nitrogen and oxygen atoms in total. The summed E-state index contributed by atoms with van der Waals surface area (Å²) < 4.78 is 4.92. The molecule has 0 bridgehead atoms. The number of Topliss-reactive ketones (excluding diaryl/α,β-unsaturated/α-hetero) is 1. The topological polar surface area (TPSA) is 46.6 Å². The zero-order valence-electron chi connectivity index (χ0n) is 11.9. The largest absolute Gasteiger partial charge is 0.462 e. The van der Waals surface area contributed by atoms with Crippen LogP contribution in [0, 0.1) is 0 Å². The minimum absolute atomic E-state index is 0.00970. The van der Waals surface area contributed by atoms with Crippen molar-refractivity contribution in [1.29, 1.82) is 0 Å². The molecule has 1 aromatic carbocycles. The number of alkyl halides is 1. The van der Waals surface area contributed by atoms with E-state index >= 15 is 0 Å². The molecule has 0 aliphatic heterocycles. The second-order valence-corrected chi connectivity index (χ2v) is 4.65. The van der Waals surface area contributed by atoms with Gasteiger partial charge in [-0.15, -0.1) is 11.6 Å². The lowest BCUT2D eigenvalue weighted by Crippen LogP contribution is -2.19. The van der Waals surface area contributed by atoms with Gasteiger partial charge in [0.1, 0.15) is 5.57 Å². The van der Waals surface area contributed by atoms with E-state index in [4.69, 9.17) is 16.3 Å². The van der Waals surface area contributed by atoms with E-state index in [9.17, 15) is 9.59 Å². The zero-order chi connectivity index (χ0) is 15.1. The Balaban J connectivity index is 3.06. The van der Waals surface area contributed by atoms with Crippen LogP contribution < -0.4 is 0 Å². The summed E-state index contributed by atoms with van der Waals surface area (Å²) in [6.07, 6.45) is 1.47. The van der Waals surface area contributed by atoms with Crippen LogP contribution in [-0.2, 0) is 15.4 Å². The molecule has 0 N–H and O–H groups in total. The molecule has 0 atom stereocenters. The quantitative estimate of drug-likeness (QED) is 0.202. The molecule has 0 unspecified atom stereocenters. The van der Waals surface area contributed by atoms with Gasteiger partial charge in [0.05, 0.1) is 6.61 Å². The Kier molecular flexibility index (Phi) is 6.25. The molecule has 0 saturated heterocycles. The van der Waals surface area contributed by atoms with E-state index in [0.29, 0.717) is 11.4 Å². The highest BCUT2D eigenvalue weighted by Gasteiger charge is 2.21. The van der Waals surface area contributed by atoms with Crippen LogP contribution in [-0.4, -0.2) is 37.4 Å². The van der Waals surface area contributed by atoms with Crippen molar-refractivity contribution in [3.63, 3.8) is 0 Å². The number of ketones is 1. The number of carbonyl (C=O) groups excluding carboxylic acids is 2. The first-order valence-corrected chi connectivity index (χ1v) is 6.78. The highest BCUT2D eigenvalue weighted by molar-refractivity contribution is 6.24. The third-order valence-corrected chi connectivity index (χ3v) is 2.81. The average Bonchev–Trinajstić information content (AvgIpc) is 2.44. The van der Waals surface area contributed by atoms with Crippen LogP contribution in [0.1, 0.15) is 22.8 Å². The predicted octanol–water partition coefficient (Wildman–Crippen LogP) is 2.62. The van der Waals surface area contributed by atoms with Gasteiger partial charge in [0.2, 0.25) is 5.78 Å². The number of esters is 1. The van der Waals surface area contributed by atoms with Gasteiger partial charge >= 0.3 is 5.97 Å². The van der Waals surface area contributed by atoms with Crippen LogP contribution in [0.2, 0.25) is 0 Å². The molecular formula is C15H18ClNO3. The summed E-state index contributed by atoms with van der Waals surface area (Å²) in [7, 11) is 3.48. The summed E-state index contributed by atoms with van der Waals surface area (Å²) >= 11 is 5.70. The van der Waals surface area contributed by atoms with E-state index in [0.717, 1.165) is 5.56 Å². The maximum absolute atomic E-state index is 12.4. The molecule has 108 valence electrons. The summed E-state index contributed by atoms with van der Waals surface area (Å²) in [6, 6.07) is 6.84. The lowest BCUT2D eigenvalue weighted by atomic mass is 10.0. The van der Waals surface area contributed by atoms with Crippen LogP contribution >= 0.6 is 11.6 Å². The van der Waals surface area contributed by atoms with E-state index in [1.807, 2.05) is 0 Å². The summed E-state index contributed by atoms with van der Waals surface area (Å²) in [5.74, 6) is -0.599. The van der Waals surface area contributed by atoms with Crippen LogP contribution in [0.4, 0.5) is 0 Å². The molecule has 20 heavy (non-hydrogen) atoms. The Morgan fingerprint density at radius 1 is 1.25 bits per heavy atom. The average molecular weight is 296 g/mol. The third-order valence-electron chi connectivity index (χ3n) is 2.50. The first-order chi connectivity index (χ1) is 9.49. The Hall–Kier alpha value is -1.81. The second kappa shape index (κ2) is 7.70. The lowest BCUT2D eigenvalue weighted by Gasteiger charge is -2.11. The van der Waals surface area contributed by atoms with Crippen molar-refractivity contribution < 1.29 is 14.3 Å². The van der Waals surface area contributed by atoms with Crippen molar-refractivity contribution >= 4 is 23.4 Å².